The molecule has 72 valence electrons. The van der Waals surface area contributed by atoms with Crippen molar-refractivity contribution in [2.75, 3.05) is 13.1 Å². The lowest BCUT2D eigenvalue weighted by Crippen LogP contribution is -1.88. The third-order valence-corrected chi connectivity index (χ3v) is 1.05. The minimum atomic E-state index is 0.625. The second-order valence-electron chi connectivity index (χ2n) is 1.99. The molecule has 0 fully saturated rings. The highest BCUT2D eigenvalue weighted by molar-refractivity contribution is 6.16. The molecule has 0 spiro atoms. The molecule has 0 saturated heterocycles. The number of hydrogen-bond donors (Lipinski definition) is 2. The van der Waals surface area contributed by atoms with Crippen LogP contribution >= 0.6 is 0 Å². The molecule has 6 heteroatoms. The van der Waals surface area contributed by atoms with Gasteiger partial charge in [0.25, 0.3) is 0 Å². The Morgan fingerprint density at radius 3 is 1.62 bits per heavy atom. The maximum atomic E-state index is 7.98. The predicted molar refractivity (Wildman–Crippen MR) is 51.9 cm³/mol. The van der Waals surface area contributed by atoms with E-state index in [1.165, 1.54) is 24.9 Å². The highest BCUT2D eigenvalue weighted by atomic mass is 16.4. The van der Waals surface area contributed by atoms with Crippen LogP contribution in [0.3, 0.4) is 0 Å². The molecule has 0 aliphatic rings. The van der Waals surface area contributed by atoms with E-state index in [4.69, 9.17) is 10.4 Å². The molecule has 0 radical (unpaired) electrons. The van der Waals surface area contributed by atoms with Crippen LogP contribution in [0.5, 0.6) is 0 Å². The lowest BCUT2D eigenvalue weighted by molar-refractivity contribution is 0.322. The van der Waals surface area contributed by atoms with E-state index in [1.807, 2.05) is 0 Å². The van der Waals surface area contributed by atoms with Gasteiger partial charge in [-0.15, -0.1) is 0 Å². The Hall–Kier alpha value is -1.72. The number of nitrogens with zero attached hydrogens (tertiary/aromatic N) is 4. The normalized spacial score (nSPS) is 12.9. The Morgan fingerprint density at radius 1 is 0.769 bits per heavy atom. The predicted octanol–water partition coefficient (Wildman–Crippen LogP) is 0.438. The zero-order valence-electron chi connectivity index (χ0n) is 7.11. The second-order valence-corrected chi connectivity index (χ2v) is 1.99. The quantitative estimate of drug-likeness (QED) is 0.271. The highest BCUT2D eigenvalue weighted by Crippen LogP contribution is 1.80. The van der Waals surface area contributed by atoms with Crippen LogP contribution in [0.25, 0.3) is 0 Å². The van der Waals surface area contributed by atoms with Crippen molar-refractivity contribution in [3.63, 3.8) is 0 Å². The van der Waals surface area contributed by atoms with Crippen LogP contribution in [0.1, 0.15) is 6.42 Å². The Kier molecular flexibility index (Phi) is 8.92. The number of rotatable bonds is 6. The average molecular weight is 184 g/mol. The fraction of sp³-hybridized carbons (Fsp3) is 0.429. The summed E-state index contributed by atoms with van der Waals surface area (Å²) in [4.78, 5) is 7.78. The molecule has 0 aromatic rings. The third-order valence-electron chi connectivity index (χ3n) is 1.05. The first-order valence-corrected chi connectivity index (χ1v) is 3.73. The maximum Gasteiger partial charge on any atom is 0.0839 e. The van der Waals surface area contributed by atoms with Crippen molar-refractivity contribution in [1.82, 2.24) is 0 Å². The molecular weight excluding hydrogens is 172 g/mol. The molecular formula is C7H12N4O2. The van der Waals surface area contributed by atoms with E-state index in [-0.39, 0.29) is 0 Å². The molecule has 0 rings (SSSR count). The first-order valence-electron chi connectivity index (χ1n) is 3.73. The lowest BCUT2D eigenvalue weighted by atomic mass is 10.4. The van der Waals surface area contributed by atoms with Gasteiger partial charge >= 0.3 is 0 Å². The first kappa shape index (κ1) is 11.3. The van der Waals surface area contributed by atoms with Gasteiger partial charge in [-0.3, -0.25) is 9.98 Å². The highest BCUT2D eigenvalue weighted by Gasteiger charge is 1.79. The monoisotopic (exact) mass is 184 g/mol. The van der Waals surface area contributed by atoms with Gasteiger partial charge in [-0.2, -0.15) is 0 Å². The molecule has 0 aliphatic carbocycles. The Morgan fingerprint density at radius 2 is 1.23 bits per heavy atom. The fourth-order valence-corrected chi connectivity index (χ4v) is 0.556. The van der Waals surface area contributed by atoms with Crippen molar-refractivity contribution in [2.24, 2.45) is 20.3 Å². The Labute approximate surface area is 76.0 Å². The van der Waals surface area contributed by atoms with Crippen molar-refractivity contribution < 1.29 is 10.4 Å². The van der Waals surface area contributed by atoms with E-state index >= 15 is 0 Å². The standard InChI is InChI=1S/C7H12N4O2/c12-10-6-4-8-2-1-3-9-5-7-11-13/h4-7,12-13H,1-3H2/b8-4?,9-5?,10-6+,11-7+. The number of oxime groups is 2. The van der Waals surface area contributed by atoms with Crippen molar-refractivity contribution >= 4 is 24.9 Å². The summed E-state index contributed by atoms with van der Waals surface area (Å²) in [7, 11) is 0. The molecule has 0 aromatic carbocycles. The summed E-state index contributed by atoms with van der Waals surface area (Å²) in [6.07, 6.45) is 6.02. The minimum absolute atomic E-state index is 0.625. The molecule has 0 bridgehead atoms. The summed E-state index contributed by atoms with van der Waals surface area (Å²) in [6, 6.07) is 0. The first-order chi connectivity index (χ1) is 6.41. The van der Waals surface area contributed by atoms with Crippen LogP contribution in [0.15, 0.2) is 20.3 Å². The van der Waals surface area contributed by atoms with Crippen molar-refractivity contribution in [3.8, 4) is 0 Å². The van der Waals surface area contributed by atoms with Gasteiger partial charge in [-0.25, -0.2) is 0 Å². The van der Waals surface area contributed by atoms with Crippen LogP contribution in [0.2, 0.25) is 0 Å². The molecule has 0 amide bonds. The summed E-state index contributed by atoms with van der Waals surface area (Å²) in [6.45, 7) is 1.25. The van der Waals surface area contributed by atoms with Gasteiger partial charge in [0.1, 0.15) is 0 Å². The Bertz CT molecular complexity index is 189. The zero-order valence-corrected chi connectivity index (χ0v) is 7.11. The van der Waals surface area contributed by atoms with E-state index in [0.29, 0.717) is 13.1 Å². The topological polar surface area (TPSA) is 89.9 Å². The molecule has 0 aromatic heterocycles. The van der Waals surface area contributed by atoms with Gasteiger partial charge in [0, 0.05) is 25.5 Å². The van der Waals surface area contributed by atoms with Gasteiger partial charge < -0.3 is 10.4 Å². The van der Waals surface area contributed by atoms with Gasteiger partial charge in [-0.05, 0) is 6.42 Å². The van der Waals surface area contributed by atoms with Gasteiger partial charge in [-0.1, -0.05) is 10.3 Å². The van der Waals surface area contributed by atoms with Crippen molar-refractivity contribution in [1.29, 1.82) is 0 Å². The van der Waals surface area contributed by atoms with Gasteiger partial charge in [0.2, 0.25) is 0 Å². The molecule has 6 nitrogen and oxygen atoms in total. The summed E-state index contributed by atoms with van der Waals surface area (Å²) in [5, 5.41) is 21.5. The average Bonchev–Trinajstić information content (AvgIpc) is 2.16. The van der Waals surface area contributed by atoms with Crippen molar-refractivity contribution in [3.05, 3.63) is 0 Å². The van der Waals surface area contributed by atoms with Crippen LogP contribution < -0.4 is 0 Å². The lowest BCUT2D eigenvalue weighted by Gasteiger charge is -1.88. The smallest absolute Gasteiger partial charge is 0.0839 e. The SMILES string of the molecule is O/N=C/C=NCCCN=C/C=N/O. The summed E-state index contributed by atoms with van der Waals surface area (Å²) in [5.41, 5.74) is 0. The van der Waals surface area contributed by atoms with Crippen LogP contribution in [0, 0.1) is 0 Å². The van der Waals surface area contributed by atoms with E-state index in [2.05, 4.69) is 20.3 Å². The minimum Gasteiger partial charge on any atom is -0.411 e. The fourth-order valence-electron chi connectivity index (χ4n) is 0.556. The van der Waals surface area contributed by atoms with Gasteiger partial charge in [0.15, 0.2) is 0 Å². The van der Waals surface area contributed by atoms with E-state index in [9.17, 15) is 0 Å². The van der Waals surface area contributed by atoms with Crippen molar-refractivity contribution in [2.45, 2.75) is 6.42 Å². The Balaban J connectivity index is 3.26. The van der Waals surface area contributed by atoms with Crippen LogP contribution in [0.4, 0.5) is 0 Å². The second kappa shape index (κ2) is 10.3. The maximum absolute atomic E-state index is 7.98. The number of aliphatic imine (C=N–C) groups is 2. The molecule has 2 N–H and O–H groups in total. The van der Waals surface area contributed by atoms with E-state index < -0.39 is 0 Å². The zero-order chi connectivity index (χ0) is 9.78. The summed E-state index contributed by atoms with van der Waals surface area (Å²) in [5.74, 6) is 0. The molecule has 0 heterocycles. The molecule has 0 saturated carbocycles. The van der Waals surface area contributed by atoms with E-state index in [1.54, 1.807) is 0 Å². The number of hydrogen-bond acceptors (Lipinski definition) is 6. The molecule has 0 atom stereocenters. The molecule has 13 heavy (non-hydrogen) atoms. The van der Waals surface area contributed by atoms with E-state index in [0.717, 1.165) is 6.42 Å². The summed E-state index contributed by atoms with van der Waals surface area (Å²) >= 11 is 0. The van der Waals surface area contributed by atoms with Crippen LogP contribution in [-0.2, 0) is 0 Å². The molecule has 0 unspecified atom stereocenters. The third kappa shape index (κ3) is 10.3. The largest absolute Gasteiger partial charge is 0.411 e. The summed E-state index contributed by atoms with van der Waals surface area (Å²) < 4.78 is 0. The van der Waals surface area contributed by atoms with Crippen LogP contribution in [-0.4, -0.2) is 48.4 Å². The molecule has 0 aliphatic heterocycles. The van der Waals surface area contributed by atoms with Gasteiger partial charge in [0.05, 0.1) is 12.4 Å².